The van der Waals surface area contributed by atoms with E-state index in [1.807, 2.05) is 12.1 Å². The van der Waals surface area contributed by atoms with E-state index >= 15 is 0 Å². The topological polar surface area (TPSA) is 66.5 Å². The van der Waals surface area contributed by atoms with Gasteiger partial charge in [-0.25, -0.2) is 8.42 Å². The van der Waals surface area contributed by atoms with E-state index in [0.717, 1.165) is 24.8 Å². The Kier molecular flexibility index (Phi) is 7.91. The van der Waals surface area contributed by atoms with E-state index in [0.29, 0.717) is 18.2 Å². The molecule has 0 aliphatic heterocycles. The minimum atomic E-state index is -3.87. The maximum Gasteiger partial charge on any atom is 0.264 e. The summed E-state index contributed by atoms with van der Waals surface area (Å²) in [5, 5.41) is 2.90. The molecule has 1 N–H and O–H groups in total. The summed E-state index contributed by atoms with van der Waals surface area (Å²) in [7, 11) is -3.87. The van der Waals surface area contributed by atoms with E-state index in [1.54, 1.807) is 42.5 Å². The highest BCUT2D eigenvalue weighted by molar-refractivity contribution is 7.92. The third-order valence-corrected chi connectivity index (χ3v) is 7.41. The fourth-order valence-corrected chi connectivity index (χ4v) is 5.18. The smallest absolute Gasteiger partial charge is 0.264 e. The van der Waals surface area contributed by atoms with Gasteiger partial charge in [0.2, 0.25) is 5.91 Å². The summed E-state index contributed by atoms with van der Waals surface area (Å²) in [5.41, 5.74) is 2.98. The highest BCUT2D eigenvalue weighted by Gasteiger charge is 2.27. The lowest BCUT2D eigenvalue weighted by Gasteiger charge is -2.24. The number of carbonyl (C=O) groups excluding carboxylic acids is 1. The van der Waals surface area contributed by atoms with Crippen LogP contribution in [0.4, 0.5) is 5.69 Å². The van der Waals surface area contributed by atoms with Crippen molar-refractivity contribution >= 4 is 21.6 Å². The normalized spacial score (nSPS) is 14.2. The molecule has 3 rings (SSSR count). The fraction of sp³-hybridized carbons (Fsp3) is 0.400. The molecule has 0 radical (unpaired) electrons. The second-order valence-corrected chi connectivity index (χ2v) is 10.1. The number of amides is 1. The highest BCUT2D eigenvalue weighted by Crippen LogP contribution is 2.26. The quantitative estimate of drug-likeness (QED) is 0.557. The maximum atomic E-state index is 13.3. The van der Waals surface area contributed by atoms with Crippen molar-refractivity contribution in [3.8, 4) is 0 Å². The number of hydrogen-bond acceptors (Lipinski definition) is 3. The summed E-state index contributed by atoms with van der Waals surface area (Å²) in [4.78, 5) is 12.9. The number of anilines is 1. The zero-order valence-corrected chi connectivity index (χ0v) is 19.2. The molecule has 0 atom stereocenters. The van der Waals surface area contributed by atoms with Crippen LogP contribution in [0.5, 0.6) is 0 Å². The monoisotopic (exact) mass is 440 g/mol. The molecule has 0 bridgehead atoms. The first-order valence-electron chi connectivity index (χ1n) is 11.0. The van der Waals surface area contributed by atoms with Crippen LogP contribution in [-0.4, -0.2) is 27.4 Å². The largest absolute Gasteiger partial charge is 0.354 e. The molecule has 0 saturated heterocycles. The van der Waals surface area contributed by atoms with Crippen molar-refractivity contribution in [1.29, 1.82) is 0 Å². The molecule has 2 aromatic rings. The van der Waals surface area contributed by atoms with Crippen LogP contribution in [0, 0.1) is 0 Å². The van der Waals surface area contributed by atoms with Crippen molar-refractivity contribution in [3.05, 3.63) is 71.8 Å². The summed E-state index contributed by atoms with van der Waals surface area (Å²) in [6.07, 6.45) is 7.72. The van der Waals surface area contributed by atoms with Gasteiger partial charge in [0.05, 0.1) is 10.6 Å². The highest BCUT2D eigenvalue weighted by atomic mass is 32.2. The Morgan fingerprint density at radius 1 is 1.03 bits per heavy atom. The molecule has 0 heterocycles. The van der Waals surface area contributed by atoms with Gasteiger partial charge in [0.25, 0.3) is 10.0 Å². The molecule has 1 amide bonds. The molecular formula is C25H32N2O3S. The van der Waals surface area contributed by atoms with Crippen LogP contribution in [0.1, 0.15) is 57.4 Å². The summed E-state index contributed by atoms with van der Waals surface area (Å²) >= 11 is 0. The second kappa shape index (κ2) is 10.6. The third kappa shape index (κ3) is 6.20. The van der Waals surface area contributed by atoms with Gasteiger partial charge in [-0.05, 0) is 67.9 Å². The zero-order valence-electron chi connectivity index (χ0n) is 18.4. The molecule has 2 aromatic carbocycles. The van der Waals surface area contributed by atoms with Gasteiger partial charge in [-0.3, -0.25) is 9.10 Å². The first-order valence-corrected chi connectivity index (χ1v) is 12.4. The van der Waals surface area contributed by atoms with E-state index < -0.39 is 10.0 Å². The lowest BCUT2D eigenvalue weighted by molar-refractivity contribution is -0.119. The van der Waals surface area contributed by atoms with Crippen molar-refractivity contribution in [2.24, 2.45) is 0 Å². The first kappa shape index (κ1) is 23.1. The van der Waals surface area contributed by atoms with Crippen LogP contribution in [-0.2, 0) is 14.8 Å². The predicted octanol–water partition coefficient (Wildman–Crippen LogP) is 5.01. The third-order valence-electron chi connectivity index (χ3n) is 5.62. The fourth-order valence-electron chi connectivity index (χ4n) is 3.74. The standard InChI is InChI=1S/C25H32N2O3S/c1-20(2)22-13-15-23(16-14-22)27(31(29,30)24-11-7-4-8-12-24)19-25(28)26-18-17-21-9-5-3-6-10-21/h4,7-9,11-16,20H,3,5-6,10,17-19H2,1-2H3,(H,26,28). The van der Waals surface area contributed by atoms with Gasteiger partial charge in [-0.2, -0.15) is 0 Å². The second-order valence-electron chi connectivity index (χ2n) is 8.28. The van der Waals surface area contributed by atoms with Crippen molar-refractivity contribution in [1.82, 2.24) is 5.32 Å². The number of carbonyl (C=O) groups is 1. The minimum Gasteiger partial charge on any atom is -0.354 e. The van der Waals surface area contributed by atoms with Crippen molar-refractivity contribution in [2.45, 2.75) is 56.8 Å². The Morgan fingerprint density at radius 3 is 2.35 bits per heavy atom. The van der Waals surface area contributed by atoms with Gasteiger partial charge in [0.15, 0.2) is 0 Å². The van der Waals surface area contributed by atoms with Crippen molar-refractivity contribution < 1.29 is 13.2 Å². The molecule has 0 fully saturated rings. The molecule has 1 aliphatic carbocycles. The molecule has 0 saturated carbocycles. The zero-order chi connectivity index (χ0) is 22.3. The Morgan fingerprint density at radius 2 is 1.74 bits per heavy atom. The molecule has 31 heavy (non-hydrogen) atoms. The number of allylic oxidation sites excluding steroid dienone is 1. The molecule has 6 heteroatoms. The van der Waals surface area contributed by atoms with Gasteiger partial charge in [-0.1, -0.05) is 55.8 Å². The van der Waals surface area contributed by atoms with Crippen LogP contribution in [0.25, 0.3) is 0 Å². The maximum absolute atomic E-state index is 13.3. The number of benzene rings is 2. The van der Waals surface area contributed by atoms with Gasteiger partial charge < -0.3 is 5.32 Å². The Hall–Kier alpha value is -2.60. The molecule has 0 unspecified atom stereocenters. The average Bonchev–Trinajstić information content (AvgIpc) is 2.79. The molecule has 1 aliphatic rings. The van der Waals surface area contributed by atoms with Gasteiger partial charge in [0.1, 0.15) is 6.54 Å². The number of sulfonamides is 1. The van der Waals surface area contributed by atoms with Crippen molar-refractivity contribution in [3.63, 3.8) is 0 Å². The lowest BCUT2D eigenvalue weighted by atomic mass is 9.97. The van der Waals surface area contributed by atoms with Crippen LogP contribution in [0.3, 0.4) is 0 Å². The summed E-state index contributed by atoms with van der Waals surface area (Å²) in [6, 6.07) is 15.6. The first-order chi connectivity index (χ1) is 14.9. The SMILES string of the molecule is CC(C)c1ccc(N(CC(=O)NCCC2=CCCCC2)S(=O)(=O)c2ccccc2)cc1. The van der Waals surface area contributed by atoms with Crippen LogP contribution < -0.4 is 9.62 Å². The van der Waals surface area contributed by atoms with Gasteiger partial charge in [-0.15, -0.1) is 0 Å². The summed E-state index contributed by atoms with van der Waals surface area (Å²) < 4.78 is 27.9. The van der Waals surface area contributed by atoms with E-state index in [4.69, 9.17) is 0 Å². The molecule has 0 spiro atoms. The van der Waals surface area contributed by atoms with Gasteiger partial charge in [0, 0.05) is 6.54 Å². The van der Waals surface area contributed by atoms with E-state index in [1.165, 1.54) is 22.7 Å². The average molecular weight is 441 g/mol. The van der Waals surface area contributed by atoms with Crippen LogP contribution in [0.2, 0.25) is 0 Å². The van der Waals surface area contributed by atoms with Crippen LogP contribution >= 0.6 is 0 Å². The number of rotatable bonds is 9. The van der Waals surface area contributed by atoms with E-state index in [-0.39, 0.29) is 17.3 Å². The number of nitrogens with zero attached hydrogens (tertiary/aromatic N) is 1. The number of nitrogens with one attached hydrogen (secondary N) is 1. The van der Waals surface area contributed by atoms with E-state index in [2.05, 4.69) is 25.2 Å². The summed E-state index contributed by atoms with van der Waals surface area (Å²) in [5.74, 6) is 0.0365. The minimum absolute atomic E-state index is 0.170. The summed E-state index contributed by atoms with van der Waals surface area (Å²) in [6.45, 7) is 4.44. The Balaban J connectivity index is 1.77. The predicted molar refractivity (Wildman–Crippen MR) is 126 cm³/mol. The Bertz CT molecular complexity index is 997. The Labute approximate surface area is 186 Å². The van der Waals surface area contributed by atoms with Crippen molar-refractivity contribution in [2.75, 3.05) is 17.4 Å². The van der Waals surface area contributed by atoms with E-state index in [9.17, 15) is 13.2 Å². The molecule has 0 aromatic heterocycles. The molecule has 5 nitrogen and oxygen atoms in total. The van der Waals surface area contributed by atoms with Gasteiger partial charge >= 0.3 is 0 Å². The number of hydrogen-bond donors (Lipinski definition) is 1. The molecule has 166 valence electrons. The molecular weight excluding hydrogens is 408 g/mol. The lowest BCUT2D eigenvalue weighted by Crippen LogP contribution is -2.41. The van der Waals surface area contributed by atoms with Crippen LogP contribution in [0.15, 0.2) is 71.1 Å².